The molecule has 1 aliphatic rings. The van der Waals surface area contributed by atoms with Crippen molar-refractivity contribution in [1.29, 1.82) is 0 Å². The van der Waals surface area contributed by atoms with Crippen LogP contribution < -0.4 is 10.6 Å². The number of para-hydroxylation sites is 2. The number of benzene rings is 2. The van der Waals surface area contributed by atoms with Crippen LogP contribution in [0.25, 0.3) is 16.7 Å². The van der Waals surface area contributed by atoms with Gasteiger partial charge in [-0.1, -0.05) is 12.1 Å². The summed E-state index contributed by atoms with van der Waals surface area (Å²) in [6.07, 6.45) is -0.146. The molecule has 0 radical (unpaired) electrons. The van der Waals surface area contributed by atoms with Crippen molar-refractivity contribution in [3.63, 3.8) is 0 Å². The lowest BCUT2D eigenvalue weighted by atomic mass is 9.95. The molecule has 204 valence electrons. The fraction of sp³-hybridized carbons (Fsp3) is 0.269. The van der Waals surface area contributed by atoms with Gasteiger partial charge in [-0.25, -0.2) is 13.8 Å². The van der Waals surface area contributed by atoms with Gasteiger partial charge < -0.3 is 15.5 Å². The number of alkyl halides is 2. The average molecular weight is 547 g/mol. The molecule has 4 heterocycles. The molecule has 0 saturated carbocycles. The van der Waals surface area contributed by atoms with Crippen LogP contribution in [-0.4, -0.2) is 71.0 Å². The van der Waals surface area contributed by atoms with Gasteiger partial charge in [-0.05, 0) is 59.7 Å². The van der Waals surface area contributed by atoms with Crippen LogP contribution in [0.1, 0.15) is 23.2 Å². The summed E-state index contributed by atoms with van der Waals surface area (Å²) in [5.74, 6) is 0.0728. The zero-order valence-corrected chi connectivity index (χ0v) is 21.1. The summed E-state index contributed by atoms with van der Waals surface area (Å²) in [5, 5.41) is 21.8. The van der Waals surface area contributed by atoms with Gasteiger partial charge in [0.25, 0.3) is 12.3 Å². The number of likely N-dealkylation sites (tertiary alicyclic amines) is 1. The number of rotatable bonds is 7. The lowest BCUT2D eigenvalue weighted by Gasteiger charge is -2.31. The number of nitrogens with one attached hydrogen (secondary N) is 2. The van der Waals surface area contributed by atoms with E-state index in [0.29, 0.717) is 43.0 Å². The molecule has 3 aromatic heterocycles. The van der Waals surface area contributed by atoms with Gasteiger partial charge in [0.1, 0.15) is 6.54 Å². The molecule has 2 N–H and O–H groups in total. The molecule has 2 amide bonds. The highest BCUT2D eigenvalue weighted by atomic mass is 19.3. The minimum Gasteiger partial charge on any atom is -0.339 e. The molecule has 2 aromatic carbocycles. The molecule has 0 bridgehead atoms. The standard InChI is InChI=1S/C26H24F2N10O2/c27-21(28)15-37-14-11-22(33-37)31-25(39)16-9-12-36(13-10-16)26(40)17-5-7-18(8-6-17)29-23-24-32-34-35-38(24)20-4-2-1-3-19(20)30-23/h1-8,11,14,16,21H,9-10,12-13,15H2,(H,29,30)(H,31,33,39). The first kappa shape index (κ1) is 25.3. The predicted molar refractivity (Wildman–Crippen MR) is 141 cm³/mol. The molecule has 5 aromatic rings. The Morgan fingerprint density at radius 3 is 2.58 bits per heavy atom. The van der Waals surface area contributed by atoms with E-state index in [2.05, 4.69) is 36.2 Å². The number of fused-ring (bicyclic) bond motifs is 3. The number of carbonyl (C=O) groups excluding carboxylic acids is 2. The quantitative estimate of drug-likeness (QED) is 0.317. The Morgan fingerprint density at radius 1 is 1.02 bits per heavy atom. The first-order valence-electron chi connectivity index (χ1n) is 12.7. The monoisotopic (exact) mass is 546 g/mol. The van der Waals surface area contributed by atoms with E-state index in [1.165, 1.54) is 12.3 Å². The Hall–Kier alpha value is -5.01. The number of nitrogens with zero attached hydrogens (tertiary/aromatic N) is 8. The van der Waals surface area contributed by atoms with E-state index in [4.69, 9.17) is 0 Å². The topological polar surface area (TPSA) is 135 Å². The molecule has 6 rings (SSSR count). The number of amides is 2. The highest BCUT2D eigenvalue weighted by Crippen LogP contribution is 2.24. The molecule has 1 saturated heterocycles. The smallest absolute Gasteiger partial charge is 0.257 e. The van der Waals surface area contributed by atoms with Gasteiger partial charge in [-0.15, -0.1) is 5.10 Å². The molecule has 1 fully saturated rings. The van der Waals surface area contributed by atoms with Crippen LogP contribution in [0.3, 0.4) is 0 Å². The second-order valence-electron chi connectivity index (χ2n) is 9.44. The molecule has 0 unspecified atom stereocenters. The van der Waals surface area contributed by atoms with Crippen molar-refractivity contribution in [1.82, 2.24) is 39.7 Å². The molecule has 1 aliphatic heterocycles. The Kier molecular flexibility index (Phi) is 6.72. The SMILES string of the molecule is O=C(Nc1ccn(CC(F)F)n1)C1CCN(C(=O)c2ccc(Nc3nc4ccccc4n4nnnc34)cc2)CC1. The number of tetrazole rings is 1. The third kappa shape index (κ3) is 5.15. The summed E-state index contributed by atoms with van der Waals surface area (Å²) in [7, 11) is 0. The summed E-state index contributed by atoms with van der Waals surface area (Å²) in [6, 6.07) is 16.1. The third-order valence-corrected chi connectivity index (χ3v) is 6.79. The molecule has 40 heavy (non-hydrogen) atoms. The lowest BCUT2D eigenvalue weighted by Crippen LogP contribution is -2.41. The molecule has 14 heteroatoms. The second kappa shape index (κ2) is 10.6. The van der Waals surface area contributed by atoms with E-state index < -0.39 is 13.0 Å². The van der Waals surface area contributed by atoms with E-state index in [1.807, 2.05) is 24.3 Å². The fourth-order valence-electron chi connectivity index (χ4n) is 4.75. The average Bonchev–Trinajstić information content (AvgIpc) is 3.63. The minimum absolute atomic E-state index is 0.121. The van der Waals surface area contributed by atoms with Gasteiger partial charge in [-0.2, -0.15) is 9.61 Å². The first-order chi connectivity index (χ1) is 19.4. The summed E-state index contributed by atoms with van der Waals surface area (Å²) in [4.78, 5) is 32.1. The van der Waals surface area contributed by atoms with Gasteiger partial charge in [-0.3, -0.25) is 14.3 Å². The number of hydrogen-bond acceptors (Lipinski definition) is 8. The van der Waals surface area contributed by atoms with E-state index in [0.717, 1.165) is 21.4 Å². The maximum atomic E-state index is 13.1. The van der Waals surface area contributed by atoms with Crippen LogP contribution >= 0.6 is 0 Å². The largest absolute Gasteiger partial charge is 0.339 e. The van der Waals surface area contributed by atoms with Gasteiger partial charge in [0.2, 0.25) is 11.6 Å². The number of hydrogen-bond donors (Lipinski definition) is 2. The predicted octanol–water partition coefficient (Wildman–Crippen LogP) is 3.37. The first-order valence-corrected chi connectivity index (χ1v) is 12.7. The summed E-state index contributed by atoms with van der Waals surface area (Å²) in [6.45, 7) is 0.322. The molecular weight excluding hydrogens is 522 g/mol. The minimum atomic E-state index is -2.53. The number of aromatic nitrogens is 7. The van der Waals surface area contributed by atoms with E-state index in [1.54, 1.807) is 33.7 Å². The number of piperidine rings is 1. The van der Waals surface area contributed by atoms with Crippen LogP contribution in [0.5, 0.6) is 0 Å². The summed E-state index contributed by atoms with van der Waals surface area (Å²) < 4.78 is 27.7. The Bertz CT molecular complexity index is 1680. The van der Waals surface area contributed by atoms with Gasteiger partial charge in [0.05, 0.1) is 11.0 Å². The van der Waals surface area contributed by atoms with Crippen molar-refractivity contribution in [3.8, 4) is 0 Å². The molecule has 12 nitrogen and oxygen atoms in total. The van der Waals surface area contributed by atoms with Crippen molar-refractivity contribution in [2.45, 2.75) is 25.8 Å². The van der Waals surface area contributed by atoms with Crippen molar-refractivity contribution in [3.05, 3.63) is 66.4 Å². The van der Waals surface area contributed by atoms with Crippen molar-refractivity contribution in [2.75, 3.05) is 23.7 Å². The number of anilines is 3. The van der Waals surface area contributed by atoms with Crippen LogP contribution in [-0.2, 0) is 11.3 Å². The fourth-order valence-corrected chi connectivity index (χ4v) is 4.75. The Morgan fingerprint density at radius 2 is 1.80 bits per heavy atom. The second-order valence-corrected chi connectivity index (χ2v) is 9.44. The highest BCUT2D eigenvalue weighted by molar-refractivity contribution is 5.95. The van der Waals surface area contributed by atoms with Crippen molar-refractivity contribution >= 4 is 45.8 Å². The van der Waals surface area contributed by atoms with Crippen molar-refractivity contribution < 1.29 is 18.4 Å². The van der Waals surface area contributed by atoms with E-state index in [9.17, 15) is 18.4 Å². The zero-order chi connectivity index (χ0) is 27.6. The maximum Gasteiger partial charge on any atom is 0.257 e. The lowest BCUT2D eigenvalue weighted by molar-refractivity contribution is -0.121. The Labute approximate surface area is 226 Å². The number of halogens is 2. The molecular formula is C26H24F2N10O2. The third-order valence-electron chi connectivity index (χ3n) is 6.79. The van der Waals surface area contributed by atoms with E-state index >= 15 is 0 Å². The normalized spacial score (nSPS) is 14.2. The van der Waals surface area contributed by atoms with Gasteiger partial charge in [0, 0.05) is 42.5 Å². The highest BCUT2D eigenvalue weighted by Gasteiger charge is 2.28. The zero-order valence-electron chi connectivity index (χ0n) is 21.1. The summed E-state index contributed by atoms with van der Waals surface area (Å²) >= 11 is 0. The van der Waals surface area contributed by atoms with Crippen LogP contribution in [0.15, 0.2) is 60.8 Å². The van der Waals surface area contributed by atoms with Crippen LogP contribution in [0.4, 0.5) is 26.1 Å². The molecule has 0 aliphatic carbocycles. The number of carbonyl (C=O) groups is 2. The van der Waals surface area contributed by atoms with Crippen LogP contribution in [0, 0.1) is 5.92 Å². The van der Waals surface area contributed by atoms with E-state index in [-0.39, 0.29) is 23.6 Å². The van der Waals surface area contributed by atoms with Gasteiger partial charge >= 0.3 is 0 Å². The molecule has 0 atom stereocenters. The van der Waals surface area contributed by atoms with Gasteiger partial charge in [0.15, 0.2) is 11.6 Å². The summed E-state index contributed by atoms with van der Waals surface area (Å²) in [5.41, 5.74) is 3.24. The Balaban J connectivity index is 1.06. The van der Waals surface area contributed by atoms with Crippen LogP contribution in [0.2, 0.25) is 0 Å². The maximum absolute atomic E-state index is 13.1. The molecule has 0 spiro atoms. The van der Waals surface area contributed by atoms with Crippen molar-refractivity contribution in [2.24, 2.45) is 5.92 Å².